The molecule has 1 heterocycles. The first-order chi connectivity index (χ1) is 30.8. The van der Waals surface area contributed by atoms with Gasteiger partial charge in [0.05, 0.1) is 13.2 Å². The number of aliphatic hydroxyl groups is 3. The highest BCUT2D eigenvalue weighted by Gasteiger charge is 2.53. The molecule has 1 aliphatic heterocycles. The number of hydrogen-bond donors (Lipinski definition) is 4. The Kier molecular flexibility index (Phi) is 33.8. The predicted molar refractivity (Wildman–Crippen MR) is 255 cm³/mol. The van der Waals surface area contributed by atoms with Gasteiger partial charge in [-0.25, -0.2) is 9.69 Å². The number of amides is 3. The fraction of sp³-hybridized carbons (Fsp3) is 0.827. The summed E-state index contributed by atoms with van der Waals surface area (Å²) in [5.74, 6) is -1.07. The van der Waals surface area contributed by atoms with Crippen LogP contribution in [0.15, 0.2) is 30.3 Å². The number of nitrogens with two attached hydrogens (primary N) is 1. The Morgan fingerprint density at radius 1 is 0.587 bits per heavy atom. The first-order valence-corrected chi connectivity index (χ1v) is 25.9. The van der Waals surface area contributed by atoms with Crippen molar-refractivity contribution in [1.82, 2.24) is 9.80 Å². The van der Waals surface area contributed by atoms with Crippen LogP contribution in [-0.4, -0.2) is 93.3 Å². The fourth-order valence-corrected chi connectivity index (χ4v) is 8.91. The number of benzene rings is 1. The Labute approximate surface area is 383 Å². The Morgan fingerprint density at radius 2 is 1.00 bits per heavy atom. The molecule has 5 N–H and O–H groups in total. The molecule has 11 heteroatoms. The topological polar surface area (TPSA) is 163 Å². The first kappa shape index (κ1) is 56.6. The zero-order chi connectivity index (χ0) is 45.8. The van der Waals surface area contributed by atoms with E-state index in [0.717, 1.165) is 38.5 Å². The summed E-state index contributed by atoms with van der Waals surface area (Å²) in [6, 6.07) is 7.46. The van der Waals surface area contributed by atoms with Crippen LogP contribution in [-0.2, 0) is 25.7 Å². The van der Waals surface area contributed by atoms with Crippen molar-refractivity contribution in [3.8, 4) is 0 Å². The number of carbonyl (C=O) groups is 3. The van der Waals surface area contributed by atoms with Gasteiger partial charge in [0, 0.05) is 13.0 Å². The van der Waals surface area contributed by atoms with Crippen molar-refractivity contribution in [3.05, 3.63) is 35.9 Å². The summed E-state index contributed by atoms with van der Waals surface area (Å²) >= 11 is 0. The van der Waals surface area contributed by atoms with Gasteiger partial charge < -0.3 is 35.4 Å². The Hall–Kier alpha value is -2.57. The first-order valence-electron chi connectivity index (χ1n) is 25.9. The number of imide groups is 1. The SMILES string of the molecule is CCCCCCCCCCCCCCCCCCN(C(=O)CCCCCCCCCCCCCCCCC)[C@@H]1O[C@H](CO)[C@@H](O)[C@H](O)[C@H]1N(C(=O)CN)C(=O)OCc1ccccc1. The molecule has 5 atom stereocenters. The smallest absolute Gasteiger partial charge is 0.417 e. The number of ether oxygens (including phenoxy) is 2. The summed E-state index contributed by atoms with van der Waals surface area (Å²) in [6.45, 7) is 3.42. The average Bonchev–Trinajstić information content (AvgIpc) is 3.30. The molecule has 0 unspecified atom stereocenters. The van der Waals surface area contributed by atoms with E-state index in [-0.39, 0.29) is 25.5 Å². The van der Waals surface area contributed by atoms with E-state index in [0.29, 0.717) is 23.3 Å². The molecule has 3 amide bonds. The molecule has 0 spiro atoms. The van der Waals surface area contributed by atoms with Gasteiger partial charge in [-0.15, -0.1) is 0 Å². The summed E-state index contributed by atoms with van der Waals surface area (Å²) in [5, 5.41) is 32.9. The van der Waals surface area contributed by atoms with Crippen LogP contribution >= 0.6 is 0 Å². The molecule has 2 rings (SSSR count). The minimum Gasteiger partial charge on any atom is -0.444 e. The van der Waals surface area contributed by atoms with Crippen molar-refractivity contribution in [2.75, 3.05) is 19.7 Å². The molecule has 0 aromatic heterocycles. The van der Waals surface area contributed by atoms with Crippen molar-refractivity contribution in [1.29, 1.82) is 0 Å². The third kappa shape index (κ3) is 24.5. The maximum absolute atomic E-state index is 14.2. The van der Waals surface area contributed by atoms with E-state index in [1.807, 2.05) is 6.07 Å². The summed E-state index contributed by atoms with van der Waals surface area (Å²) < 4.78 is 11.8. The van der Waals surface area contributed by atoms with Gasteiger partial charge in [0.15, 0.2) is 6.23 Å². The molecule has 0 radical (unpaired) electrons. The molecule has 0 saturated carbocycles. The van der Waals surface area contributed by atoms with E-state index in [4.69, 9.17) is 15.2 Å². The van der Waals surface area contributed by atoms with Crippen LogP contribution in [0.2, 0.25) is 0 Å². The Balaban J connectivity index is 2.01. The van der Waals surface area contributed by atoms with Crippen molar-refractivity contribution in [2.24, 2.45) is 5.73 Å². The maximum atomic E-state index is 14.2. The summed E-state index contributed by atoms with van der Waals surface area (Å²) in [5.41, 5.74) is 6.50. The standard InChI is InChI=1S/C52H93N3O8/c1-3-5-7-9-11-13-15-17-19-21-23-25-27-29-31-36-40-54(46(57)39-35-30-28-26-24-22-20-18-16-14-12-10-8-6-4-2)51-48(50(60)49(59)45(42-56)63-51)55(47(58)41-53)52(61)62-43-44-37-33-32-34-38-44/h32-34,37-38,45,48-51,56,59-60H,3-31,35-36,39-43,53H2,1-2H3/t45-,48-,49-,50-,51-/m1/s1. The van der Waals surface area contributed by atoms with Gasteiger partial charge in [-0.1, -0.05) is 230 Å². The highest BCUT2D eigenvalue weighted by Crippen LogP contribution is 2.30. The van der Waals surface area contributed by atoms with Crippen LogP contribution in [0.25, 0.3) is 0 Å². The van der Waals surface area contributed by atoms with Crippen LogP contribution in [0.3, 0.4) is 0 Å². The van der Waals surface area contributed by atoms with Crippen LogP contribution < -0.4 is 5.73 Å². The van der Waals surface area contributed by atoms with Crippen molar-refractivity contribution in [3.63, 3.8) is 0 Å². The normalized spacial score (nSPS) is 18.7. The van der Waals surface area contributed by atoms with E-state index < -0.39 is 55.7 Å². The minimum atomic E-state index is -1.74. The van der Waals surface area contributed by atoms with Crippen molar-refractivity contribution in [2.45, 2.75) is 257 Å². The van der Waals surface area contributed by atoms with E-state index in [2.05, 4.69) is 13.8 Å². The summed E-state index contributed by atoms with van der Waals surface area (Å²) in [4.78, 5) is 43.6. The minimum absolute atomic E-state index is 0.148. The van der Waals surface area contributed by atoms with Gasteiger partial charge >= 0.3 is 6.09 Å². The number of aliphatic hydroxyl groups excluding tert-OH is 3. The zero-order valence-corrected chi connectivity index (χ0v) is 40.1. The molecule has 11 nitrogen and oxygen atoms in total. The third-order valence-corrected chi connectivity index (χ3v) is 12.9. The van der Waals surface area contributed by atoms with Crippen LogP contribution in [0.4, 0.5) is 4.79 Å². The lowest BCUT2D eigenvalue weighted by molar-refractivity contribution is -0.244. The second-order valence-corrected chi connectivity index (χ2v) is 18.3. The molecule has 364 valence electrons. The number of rotatable bonds is 39. The lowest BCUT2D eigenvalue weighted by Gasteiger charge is -2.49. The molecular weight excluding hydrogens is 795 g/mol. The highest BCUT2D eigenvalue weighted by atomic mass is 16.6. The van der Waals surface area contributed by atoms with E-state index in [1.165, 1.54) is 153 Å². The van der Waals surface area contributed by atoms with Crippen LogP contribution in [0, 0.1) is 0 Å². The van der Waals surface area contributed by atoms with Crippen LogP contribution in [0.1, 0.15) is 225 Å². The molecule has 0 bridgehead atoms. The van der Waals surface area contributed by atoms with Gasteiger partial charge in [0.25, 0.3) is 0 Å². The summed E-state index contributed by atoms with van der Waals surface area (Å²) in [6.07, 6.45) is 30.8. The predicted octanol–water partition coefficient (Wildman–Crippen LogP) is 11.3. The van der Waals surface area contributed by atoms with Gasteiger partial charge in [0.1, 0.15) is 31.0 Å². The summed E-state index contributed by atoms with van der Waals surface area (Å²) in [7, 11) is 0. The Morgan fingerprint density at radius 3 is 1.41 bits per heavy atom. The van der Waals surface area contributed by atoms with Gasteiger partial charge in [-0.3, -0.25) is 9.59 Å². The highest BCUT2D eigenvalue weighted by molar-refractivity contribution is 5.93. The van der Waals surface area contributed by atoms with Crippen molar-refractivity contribution < 1.29 is 39.2 Å². The van der Waals surface area contributed by atoms with E-state index in [9.17, 15) is 29.7 Å². The molecule has 1 aromatic carbocycles. The molecular formula is C52H93N3O8. The zero-order valence-electron chi connectivity index (χ0n) is 40.1. The average molecular weight is 888 g/mol. The van der Waals surface area contributed by atoms with Gasteiger partial charge in [0.2, 0.25) is 11.8 Å². The van der Waals surface area contributed by atoms with Gasteiger partial charge in [-0.05, 0) is 18.4 Å². The Bertz CT molecular complexity index is 1270. The number of hydrogen-bond acceptors (Lipinski definition) is 9. The van der Waals surface area contributed by atoms with Crippen molar-refractivity contribution >= 4 is 17.9 Å². The van der Waals surface area contributed by atoms with Crippen LogP contribution in [0.5, 0.6) is 0 Å². The fourth-order valence-electron chi connectivity index (χ4n) is 8.91. The van der Waals surface area contributed by atoms with E-state index in [1.54, 1.807) is 24.3 Å². The maximum Gasteiger partial charge on any atom is 0.417 e. The third-order valence-electron chi connectivity index (χ3n) is 12.9. The molecule has 63 heavy (non-hydrogen) atoms. The molecule has 1 aliphatic rings. The molecule has 1 saturated heterocycles. The second kappa shape index (κ2) is 37.6. The lowest BCUT2D eigenvalue weighted by Crippen LogP contribution is -2.70. The van der Waals surface area contributed by atoms with E-state index >= 15 is 0 Å². The molecule has 0 aliphatic carbocycles. The number of carbonyl (C=O) groups excluding carboxylic acids is 3. The second-order valence-electron chi connectivity index (χ2n) is 18.3. The number of unbranched alkanes of at least 4 members (excludes halogenated alkanes) is 29. The number of nitrogens with zero attached hydrogens (tertiary/aromatic N) is 2. The van der Waals surface area contributed by atoms with Gasteiger partial charge in [-0.2, -0.15) is 0 Å². The lowest BCUT2D eigenvalue weighted by atomic mass is 9.93. The quantitative estimate of drug-likeness (QED) is 0.0471. The largest absolute Gasteiger partial charge is 0.444 e. The monoisotopic (exact) mass is 888 g/mol. The molecule has 1 fully saturated rings. The molecule has 1 aromatic rings.